The SMILES string of the molecule is CNCC(O)C(O)c1cnn([C@@H]2CCCCO2)c1. The molecule has 3 N–H and O–H groups in total. The number of aromatic nitrogens is 2. The summed E-state index contributed by atoms with van der Waals surface area (Å²) in [7, 11) is 1.73. The molecule has 1 fully saturated rings. The van der Waals surface area contributed by atoms with Gasteiger partial charge in [0.15, 0.2) is 0 Å². The smallest absolute Gasteiger partial charge is 0.150 e. The fraction of sp³-hybridized carbons (Fsp3) is 0.750. The lowest BCUT2D eigenvalue weighted by Crippen LogP contribution is -2.29. The van der Waals surface area contributed by atoms with Gasteiger partial charge >= 0.3 is 0 Å². The molecule has 0 saturated carbocycles. The minimum Gasteiger partial charge on any atom is -0.389 e. The first-order valence-corrected chi connectivity index (χ1v) is 6.38. The summed E-state index contributed by atoms with van der Waals surface area (Å²) in [6.45, 7) is 1.09. The van der Waals surface area contributed by atoms with Gasteiger partial charge in [-0.05, 0) is 26.3 Å². The summed E-state index contributed by atoms with van der Waals surface area (Å²) in [6, 6.07) is 0. The van der Waals surface area contributed by atoms with Gasteiger partial charge in [0.05, 0.1) is 12.3 Å². The van der Waals surface area contributed by atoms with Crippen molar-refractivity contribution in [1.82, 2.24) is 15.1 Å². The summed E-state index contributed by atoms with van der Waals surface area (Å²) in [4.78, 5) is 0. The summed E-state index contributed by atoms with van der Waals surface area (Å²) < 4.78 is 7.34. The first-order chi connectivity index (χ1) is 8.72. The molecule has 6 heteroatoms. The number of aliphatic hydroxyl groups is 2. The van der Waals surface area contributed by atoms with Crippen molar-refractivity contribution in [3.8, 4) is 0 Å². The molecule has 1 aliphatic rings. The van der Waals surface area contributed by atoms with Crippen molar-refractivity contribution in [1.29, 1.82) is 0 Å². The van der Waals surface area contributed by atoms with Crippen LogP contribution in [0.4, 0.5) is 0 Å². The van der Waals surface area contributed by atoms with Crippen molar-refractivity contribution in [3.05, 3.63) is 18.0 Å². The Balaban J connectivity index is 2.00. The molecule has 3 atom stereocenters. The molecule has 0 aliphatic carbocycles. The van der Waals surface area contributed by atoms with E-state index in [1.165, 1.54) is 0 Å². The van der Waals surface area contributed by atoms with Crippen molar-refractivity contribution >= 4 is 0 Å². The molecule has 102 valence electrons. The van der Waals surface area contributed by atoms with Crippen LogP contribution in [0.3, 0.4) is 0 Å². The van der Waals surface area contributed by atoms with E-state index in [-0.39, 0.29) is 6.23 Å². The highest BCUT2D eigenvalue weighted by Gasteiger charge is 2.22. The van der Waals surface area contributed by atoms with Crippen LogP contribution in [-0.4, -0.2) is 46.3 Å². The zero-order valence-corrected chi connectivity index (χ0v) is 10.6. The van der Waals surface area contributed by atoms with Gasteiger partial charge in [-0.3, -0.25) is 0 Å². The largest absolute Gasteiger partial charge is 0.389 e. The highest BCUT2D eigenvalue weighted by Crippen LogP contribution is 2.24. The van der Waals surface area contributed by atoms with Gasteiger partial charge in [-0.15, -0.1) is 0 Å². The average Bonchev–Trinajstić information content (AvgIpc) is 2.89. The molecule has 1 aromatic heterocycles. The molecule has 6 nitrogen and oxygen atoms in total. The molecule has 0 bridgehead atoms. The van der Waals surface area contributed by atoms with E-state index in [4.69, 9.17) is 4.74 Å². The first-order valence-electron chi connectivity index (χ1n) is 6.38. The van der Waals surface area contributed by atoms with Crippen LogP contribution in [-0.2, 0) is 4.74 Å². The van der Waals surface area contributed by atoms with Gasteiger partial charge in [-0.1, -0.05) is 0 Å². The molecule has 2 unspecified atom stereocenters. The summed E-state index contributed by atoms with van der Waals surface area (Å²) >= 11 is 0. The fourth-order valence-corrected chi connectivity index (χ4v) is 2.14. The number of hydrogen-bond donors (Lipinski definition) is 3. The second kappa shape index (κ2) is 6.29. The number of nitrogens with one attached hydrogen (secondary N) is 1. The normalized spacial score (nSPS) is 23.8. The van der Waals surface area contributed by atoms with Crippen molar-refractivity contribution in [2.75, 3.05) is 20.2 Å². The third kappa shape index (κ3) is 3.08. The summed E-state index contributed by atoms with van der Waals surface area (Å²) in [6.07, 6.45) is 4.70. The van der Waals surface area contributed by atoms with Gasteiger partial charge in [0.25, 0.3) is 0 Å². The number of rotatable bonds is 5. The van der Waals surface area contributed by atoms with Crippen LogP contribution in [0, 0.1) is 0 Å². The van der Waals surface area contributed by atoms with Crippen LogP contribution in [0.25, 0.3) is 0 Å². The predicted molar refractivity (Wildman–Crippen MR) is 66.0 cm³/mol. The lowest BCUT2D eigenvalue weighted by atomic mass is 10.1. The Kier molecular flexibility index (Phi) is 4.71. The highest BCUT2D eigenvalue weighted by molar-refractivity contribution is 5.10. The molecular formula is C12H21N3O3. The number of nitrogens with zero attached hydrogens (tertiary/aromatic N) is 2. The van der Waals surface area contributed by atoms with E-state index in [1.54, 1.807) is 24.1 Å². The van der Waals surface area contributed by atoms with Crippen molar-refractivity contribution < 1.29 is 14.9 Å². The molecular weight excluding hydrogens is 234 g/mol. The second-order valence-electron chi connectivity index (χ2n) is 4.64. The molecule has 1 saturated heterocycles. The fourth-order valence-electron chi connectivity index (χ4n) is 2.14. The van der Waals surface area contributed by atoms with Gasteiger partial charge in [-0.25, -0.2) is 4.68 Å². The molecule has 0 amide bonds. The predicted octanol–water partition coefficient (Wildman–Crippen LogP) is 0.196. The molecule has 2 heterocycles. The zero-order chi connectivity index (χ0) is 13.0. The lowest BCUT2D eigenvalue weighted by Gasteiger charge is -2.22. The topological polar surface area (TPSA) is 79.5 Å². The number of likely N-dealkylation sites (N-methyl/N-ethyl adjacent to an activating group) is 1. The van der Waals surface area contributed by atoms with Crippen LogP contribution in [0.2, 0.25) is 0 Å². The van der Waals surface area contributed by atoms with Crippen molar-refractivity contribution in [3.63, 3.8) is 0 Å². The van der Waals surface area contributed by atoms with E-state index in [1.807, 2.05) is 0 Å². The van der Waals surface area contributed by atoms with Crippen LogP contribution in [0.1, 0.15) is 37.2 Å². The Morgan fingerprint density at radius 1 is 1.56 bits per heavy atom. The Bertz CT molecular complexity index is 363. The van der Waals surface area contributed by atoms with E-state index in [0.717, 1.165) is 25.9 Å². The Hall–Kier alpha value is -0.950. The lowest BCUT2D eigenvalue weighted by molar-refractivity contribution is -0.0398. The summed E-state index contributed by atoms with van der Waals surface area (Å²) in [5.41, 5.74) is 0.618. The highest BCUT2D eigenvalue weighted by atomic mass is 16.5. The molecule has 0 aromatic carbocycles. The van der Waals surface area contributed by atoms with Gasteiger partial charge in [0.1, 0.15) is 12.3 Å². The molecule has 1 aromatic rings. The van der Waals surface area contributed by atoms with Crippen LogP contribution >= 0.6 is 0 Å². The number of aliphatic hydroxyl groups excluding tert-OH is 2. The number of hydrogen-bond acceptors (Lipinski definition) is 5. The van der Waals surface area contributed by atoms with E-state index < -0.39 is 12.2 Å². The second-order valence-corrected chi connectivity index (χ2v) is 4.64. The maximum atomic E-state index is 9.95. The monoisotopic (exact) mass is 255 g/mol. The number of ether oxygens (including phenoxy) is 1. The Labute approximate surface area is 107 Å². The average molecular weight is 255 g/mol. The van der Waals surface area contributed by atoms with E-state index >= 15 is 0 Å². The molecule has 1 aliphatic heterocycles. The van der Waals surface area contributed by atoms with E-state index in [2.05, 4.69) is 10.4 Å². The van der Waals surface area contributed by atoms with Crippen LogP contribution < -0.4 is 5.32 Å². The summed E-state index contributed by atoms with van der Waals surface area (Å²) in [5, 5.41) is 26.7. The van der Waals surface area contributed by atoms with E-state index in [9.17, 15) is 10.2 Å². The molecule has 0 radical (unpaired) electrons. The van der Waals surface area contributed by atoms with E-state index in [0.29, 0.717) is 12.1 Å². The van der Waals surface area contributed by atoms with Crippen LogP contribution in [0.5, 0.6) is 0 Å². The van der Waals surface area contributed by atoms with Gasteiger partial charge in [-0.2, -0.15) is 5.10 Å². The Morgan fingerprint density at radius 2 is 2.39 bits per heavy atom. The first kappa shape index (κ1) is 13.5. The minimum atomic E-state index is -0.921. The minimum absolute atomic E-state index is 0.0406. The van der Waals surface area contributed by atoms with Gasteiger partial charge < -0.3 is 20.3 Å². The maximum absolute atomic E-state index is 9.95. The summed E-state index contributed by atoms with van der Waals surface area (Å²) in [5.74, 6) is 0. The maximum Gasteiger partial charge on any atom is 0.150 e. The molecule has 2 rings (SSSR count). The Morgan fingerprint density at radius 3 is 3.06 bits per heavy atom. The quantitative estimate of drug-likeness (QED) is 0.700. The van der Waals surface area contributed by atoms with Crippen LogP contribution in [0.15, 0.2) is 12.4 Å². The zero-order valence-electron chi connectivity index (χ0n) is 10.6. The molecule has 0 spiro atoms. The van der Waals surface area contributed by atoms with Gasteiger partial charge in [0, 0.05) is 24.9 Å². The van der Waals surface area contributed by atoms with Gasteiger partial charge in [0.2, 0.25) is 0 Å². The van der Waals surface area contributed by atoms with Crippen molar-refractivity contribution in [2.24, 2.45) is 0 Å². The third-order valence-corrected chi connectivity index (χ3v) is 3.19. The van der Waals surface area contributed by atoms with Crippen molar-refractivity contribution in [2.45, 2.75) is 37.7 Å². The standard InChI is InChI=1S/C12H21N3O3/c1-13-7-10(16)12(17)9-6-14-15(8-9)11-4-2-3-5-18-11/h6,8,10-13,16-17H,2-5,7H2,1H3/t10?,11-,12?/m0/s1. The molecule has 18 heavy (non-hydrogen) atoms. The third-order valence-electron chi connectivity index (χ3n) is 3.19.